The highest BCUT2D eigenvalue weighted by molar-refractivity contribution is 6.42. The second-order valence-corrected chi connectivity index (χ2v) is 4.63. The molecule has 0 heterocycles. The third kappa shape index (κ3) is 1.52. The smallest absolute Gasteiger partial charge is 0.314 e. The van der Waals surface area contributed by atoms with E-state index in [1.165, 1.54) is 0 Å². The molecule has 0 spiro atoms. The standard InChI is InChI=1S/C11H10Cl2O2/c12-8-4-1-3-7(9(8)13)11(10(14)15)5-2-6-11/h1,3-4H,2,5-6H2,(H,14,15). The van der Waals surface area contributed by atoms with E-state index in [9.17, 15) is 9.90 Å². The van der Waals surface area contributed by atoms with Crippen molar-refractivity contribution in [3.8, 4) is 0 Å². The molecule has 0 unspecified atom stereocenters. The van der Waals surface area contributed by atoms with Crippen LogP contribution in [-0.2, 0) is 10.2 Å². The number of carboxylic acids is 1. The molecule has 1 aromatic rings. The van der Waals surface area contributed by atoms with Gasteiger partial charge in [0.1, 0.15) is 0 Å². The number of hydrogen-bond acceptors (Lipinski definition) is 1. The second kappa shape index (κ2) is 3.69. The molecular weight excluding hydrogens is 235 g/mol. The lowest BCUT2D eigenvalue weighted by molar-refractivity contribution is -0.147. The predicted octanol–water partition coefficient (Wildman–Crippen LogP) is 3.50. The Morgan fingerprint density at radius 1 is 1.33 bits per heavy atom. The number of carboxylic acid groups (broad SMARTS) is 1. The van der Waals surface area contributed by atoms with E-state index in [0.717, 1.165) is 6.42 Å². The summed E-state index contributed by atoms with van der Waals surface area (Å²) >= 11 is 11.9. The van der Waals surface area contributed by atoms with Gasteiger partial charge in [0.15, 0.2) is 0 Å². The van der Waals surface area contributed by atoms with E-state index in [0.29, 0.717) is 28.5 Å². The third-order valence-electron chi connectivity index (χ3n) is 3.08. The van der Waals surface area contributed by atoms with Crippen molar-refractivity contribution in [1.82, 2.24) is 0 Å². The van der Waals surface area contributed by atoms with Gasteiger partial charge in [0.05, 0.1) is 15.5 Å². The van der Waals surface area contributed by atoms with Gasteiger partial charge in [0.25, 0.3) is 0 Å². The summed E-state index contributed by atoms with van der Waals surface area (Å²) in [6, 6.07) is 5.16. The highest BCUT2D eigenvalue weighted by Crippen LogP contribution is 2.47. The molecule has 0 bridgehead atoms. The zero-order valence-corrected chi connectivity index (χ0v) is 9.48. The monoisotopic (exact) mass is 244 g/mol. The fraction of sp³-hybridized carbons (Fsp3) is 0.364. The lowest BCUT2D eigenvalue weighted by Gasteiger charge is -2.38. The topological polar surface area (TPSA) is 37.3 Å². The van der Waals surface area contributed by atoms with Gasteiger partial charge in [-0.2, -0.15) is 0 Å². The molecule has 15 heavy (non-hydrogen) atoms. The Labute approximate surface area is 97.8 Å². The Bertz CT molecular complexity index is 411. The van der Waals surface area contributed by atoms with E-state index in [-0.39, 0.29) is 0 Å². The summed E-state index contributed by atoms with van der Waals surface area (Å²) in [5.41, 5.74) is -0.155. The van der Waals surface area contributed by atoms with Crippen molar-refractivity contribution in [2.45, 2.75) is 24.7 Å². The SMILES string of the molecule is O=C(O)C1(c2cccc(Cl)c2Cl)CCC1. The van der Waals surface area contributed by atoms with E-state index in [1.807, 2.05) is 0 Å². The van der Waals surface area contributed by atoms with Gasteiger partial charge in [0.2, 0.25) is 0 Å². The summed E-state index contributed by atoms with van der Waals surface area (Å²) < 4.78 is 0. The van der Waals surface area contributed by atoms with E-state index >= 15 is 0 Å². The van der Waals surface area contributed by atoms with Gasteiger partial charge in [-0.3, -0.25) is 4.79 Å². The average Bonchev–Trinajstić information content (AvgIpc) is 2.09. The van der Waals surface area contributed by atoms with Crippen molar-refractivity contribution in [1.29, 1.82) is 0 Å². The van der Waals surface area contributed by atoms with Crippen LogP contribution in [0, 0.1) is 0 Å². The molecule has 2 nitrogen and oxygen atoms in total. The van der Waals surface area contributed by atoms with Gasteiger partial charge in [-0.15, -0.1) is 0 Å². The molecule has 1 aliphatic rings. The molecule has 1 fully saturated rings. The van der Waals surface area contributed by atoms with Crippen LogP contribution in [0.4, 0.5) is 0 Å². The maximum absolute atomic E-state index is 11.3. The number of carbonyl (C=O) groups is 1. The molecule has 80 valence electrons. The molecule has 0 saturated heterocycles. The summed E-state index contributed by atoms with van der Waals surface area (Å²) in [5, 5.41) is 10.0. The van der Waals surface area contributed by atoms with Crippen molar-refractivity contribution in [3.63, 3.8) is 0 Å². The Balaban J connectivity index is 2.53. The van der Waals surface area contributed by atoms with Gasteiger partial charge in [0, 0.05) is 0 Å². The molecule has 0 aromatic heterocycles. The van der Waals surface area contributed by atoms with Crippen LogP contribution in [0.15, 0.2) is 18.2 Å². The fourth-order valence-corrected chi connectivity index (χ4v) is 2.48. The van der Waals surface area contributed by atoms with Crippen molar-refractivity contribution in [3.05, 3.63) is 33.8 Å². The van der Waals surface area contributed by atoms with E-state index in [1.54, 1.807) is 18.2 Å². The van der Waals surface area contributed by atoms with Gasteiger partial charge in [-0.25, -0.2) is 0 Å². The number of benzene rings is 1. The number of hydrogen-bond donors (Lipinski definition) is 1. The van der Waals surface area contributed by atoms with Crippen LogP contribution in [-0.4, -0.2) is 11.1 Å². The molecule has 1 aromatic carbocycles. The Hall–Kier alpha value is -0.730. The number of rotatable bonds is 2. The first-order valence-electron chi connectivity index (χ1n) is 4.76. The van der Waals surface area contributed by atoms with Crippen LogP contribution >= 0.6 is 23.2 Å². The molecule has 1 N–H and O–H groups in total. The molecule has 0 atom stereocenters. The highest BCUT2D eigenvalue weighted by atomic mass is 35.5. The van der Waals surface area contributed by atoms with E-state index in [4.69, 9.17) is 23.2 Å². The van der Waals surface area contributed by atoms with Gasteiger partial charge >= 0.3 is 5.97 Å². The van der Waals surface area contributed by atoms with Crippen LogP contribution in [0.5, 0.6) is 0 Å². The third-order valence-corrected chi connectivity index (χ3v) is 3.90. The minimum Gasteiger partial charge on any atom is -0.481 e. The average molecular weight is 245 g/mol. The summed E-state index contributed by atoms with van der Waals surface area (Å²) in [7, 11) is 0. The first-order chi connectivity index (χ1) is 7.08. The van der Waals surface area contributed by atoms with Crippen LogP contribution in [0.3, 0.4) is 0 Å². The molecule has 0 radical (unpaired) electrons. The highest BCUT2D eigenvalue weighted by Gasteiger charge is 2.47. The Morgan fingerprint density at radius 2 is 2.00 bits per heavy atom. The number of aliphatic carboxylic acids is 1. The van der Waals surface area contributed by atoms with Crippen LogP contribution in [0.1, 0.15) is 24.8 Å². The zero-order valence-electron chi connectivity index (χ0n) is 7.96. The molecule has 4 heteroatoms. The Morgan fingerprint density at radius 3 is 2.47 bits per heavy atom. The molecule has 2 rings (SSSR count). The predicted molar refractivity (Wildman–Crippen MR) is 59.6 cm³/mol. The lowest BCUT2D eigenvalue weighted by atomic mass is 9.64. The lowest BCUT2D eigenvalue weighted by Crippen LogP contribution is -2.42. The van der Waals surface area contributed by atoms with Crippen molar-refractivity contribution < 1.29 is 9.90 Å². The minimum atomic E-state index is -0.807. The van der Waals surface area contributed by atoms with Crippen LogP contribution < -0.4 is 0 Å². The largest absolute Gasteiger partial charge is 0.481 e. The van der Waals surface area contributed by atoms with Crippen LogP contribution in [0.2, 0.25) is 10.0 Å². The van der Waals surface area contributed by atoms with Crippen molar-refractivity contribution in [2.24, 2.45) is 0 Å². The minimum absolute atomic E-state index is 0.376. The molecule has 0 aliphatic heterocycles. The Kier molecular flexibility index (Phi) is 2.65. The molecule has 1 aliphatic carbocycles. The zero-order chi connectivity index (χ0) is 11.1. The maximum Gasteiger partial charge on any atom is 0.314 e. The first kappa shape index (κ1) is 10.8. The number of halogens is 2. The first-order valence-corrected chi connectivity index (χ1v) is 5.51. The van der Waals surface area contributed by atoms with E-state index < -0.39 is 11.4 Å². The normalized spacial score (nSPS) is 18.3. The quantitative estimate of drug-likeness (QED) is 0.865. The van der Waals surface area contributed by atoms with Crippen molar-refractivity contribution >= 4 is 29.2 Å². The fourth-order valence-electron chi connectivity index (χ4n) is 2.00. The summed E-state index contributed by atoms with van der Waals surface area (Å²) in [6.45, 7) is 0. The summed E-state index contributed by atoms with van der Waals surface area (Å²) in [4.78, 5) is 11.3. The van der Waals surface area contributed by atoms with Gasteiger partial charge in [-0.05, 0) is 24.5 Å². The van der Waals surface area contributed by atoms with Gasteiger partial charge < -0.3 is 5.11 Å². The second-order valence-electron chi connectivity index (χ2n) is 3.84. The molecule has 1 saturated carbocycles. The summed E-state index contributed by atoms with van der Waals surface area (Å²) in [6.07, 6.45) is 2.21. The molecular formula is C11H10Cl2O2. The van der Waals surface area contributed by atoms with E-state index in [2.05, 4.69) is 0 Å². The maximum atomic E-state index is 11.3. The van der Waals surface area contributed by atoms with Crippen molar-refractivity contribution in [2.75, 3.05) is 0 Å². The summed E-state index contributed by atoms with van der Waals surface area (Å²) in [5.74, 6) is -0.807. The van der Waals surface area contributed by atoms with Crippen LogP contribution in [0.25, 0.3) is 0 Å². The van der Waals surface area contributed by atoms with Gasteiger partial charge in [-0.1, -0.05) is 41.8 Å². The molecule has 0 amide bonds.